The molecule has 3 aromatic rings. The Balaban J connectivity index is 1.46. The van der Waals surface area contributed by atoms with Crippen LogP contribution in [0, 0.1) is 0 Å². The van der Waals surface area contributed by atoms with Gasteiger partial charge in [-0.25, -0.2) is 0 Å². The number of rotatable bonds is 8. The van der Waals surface area contributed by atoms with Crippen molar-refractivity contribution in [1.29, 1.82) is 0 Å². The Morgan fingerprint density at radius 1 is 1.15 bits per heavy atom. The van der Waals surface area contributed by atoms with Gasteiger partial charge in [0.2, 0.25) is 5.91 Å². The van der Waals surface area contributed by atoms with Gasteiger partial charge in [-0.1, -0.05) is 58.0 Å². The Labute approximate surface area is 205 Å². The number of carbonyl (C=O) groups excluding carboxylic acids is 1. The van der Waals surface area contributed by atoms with Gasteiger partial charge in [-0.3, -0.25) is 9.69 Å². The van der Waals surface area contributed by atoms with Crippen molar-refractivity contribution in [2.45, 2.75) is 11.7 Å². The first-order valence-corrected chi connectivity index (χ1v) is 11.9. The van der Waals surface area contributed by atoms with Crippen LogP contribution in [-0.4, -0.2) is 41.1 Å². The number of benzene rings is 2. The highest BCUT2D eigenvalue weighted by Gasteiger charge is 2.37. The number of thioether (sulfide) groups is 1. The normalized spacial score (nSPS) is 17.3. The lowest BCUT2D eigenvalue weighted by Crippen LogP contribution is -2.32. The van der Waals surface area contributed by atoms with Gasteiger partial charge in [-0.2, -0.15) is 5.10 Å². The number of amidine groups is 1. The Kier molecular flexibility index (Phi) is 7.47. The summed E-state index contributed by atoms with van der Waals surface area (Å²) in [5.41, 5.74) is 2.03. The molecule has 0 unspecified atom stereocenters. The second kappa shape index (κ2) is 10.7. The number of nitrogens with zero attached hydrogens (tertiary/aromatic N) is 3. The van der Waals surface area contributed by atoms with E-state index in [-0.39, 0.29) is 11.2 Å². The highest BCUT2D eigenvalue weighted by molar-refractivity contribution is 9.10. The first-order chi connectivity index (χ1) is 16.1. The molecule has 6 nitrogen and oxygen atoms in total. The van der Waals surface area contributed by atoms with Gasteiger partial charge < -0.3 is 9.15 Å². The fraction of sp³-hybridized carbons (Fsp3) is 0.160. The molecule has 1 aliphatic heterocycles. The number of methoxy groups -OCH3 is 1. The molecule has 1 fully saturated rings. The number of amides is 1. The minimum Gasteiger partial charge on any atom is -0.497 e. The molecule has 2 aromatic carbocycles. The van der Waals surface area contributed by atoms with E-state index in [1.165, 1.54) is 11.8 Å². The summed E-state index contributed by atoms with van der Waals surface area (Å²) in [5, 5.41) is 8.76. The highest BCUT2D eigenvalue weighted by atomic mass is 79.9. The number of hydrogen-bond acceptors (Lipinski definition) is 6. The van der Waals surface area contributed by atoms with Crippen LogP contribution in [-0.2, 0) is 11.2 Å². The predicted molar refractivity (Wildman–Crippen MR) is 137 cm³/mol. The average Bonchev–Trinajstić information content (AvgIpc) is 3.41. The Morgan fingerprint density at radius 3 is 2.61 bits per heavy atom. The quantitative estimate of drug-likeness (QED) is 0.213. The zero-order valence-electron chi connectivity index (χ0n) is 18.0. The smallest absolute Gasteiger partial charge is 0.242 e. The summed E-state index contributed by atoms with van der Waals surface area (Å²) in [7, 11) is 1.63. The van der Waals surface area contributed by atoms with Crippen LogP contribution in [0.4, 0.5) is 0 Å². The third kappa shape index (κ3) is 5.64. The molecule has 1 amide bonds. The molecule has 0 radical (unpaired) electrons. The summed E-state index contributed by atoms with van der Waals surface area (Å²) in [6, 6.07) is 19.3. The highest BCUT2D eigenvalue weighted by Crippen LogP contribution is 2.30. The number of ether oxygens (including phenoxy) is 1. The fourth-order valence-corrected chi connectivity index (χ4v) is 4.72. The molecule has 1 saturated heterocycles. The van der Waals surface area contributed by atoms with Gasteiger partial charge in [0.25, 0.3) is 0 Å². The van der Waals surface area contributed by atoms with E-state index in [2.05, 4.69) is 32.7 Å². The van der Waals surface area contributed by atoms with Crippen molar-refractivity contribution in [3.05, 3.63) is 89.1 Å². The zero-order valence-corrected chi connectivity index (χ0v) is 20.4. The van der Waals surface area contributed by atoms with Gasteiger partial charge >= 0.3 is 0 Å². The van der Waals surface area contributed by atoms with E-state index in [0.29, 0.717) is 23.9 Å². The number of carbonyl (C=O) groups is 1. The van der Waals surface area contributed by atoms with Crippen LogP contribution in [0.1, 0.15) is 11.3 Å². The molecular weight excluding hydrogens is 502 g/mol. The van der Waals surface area contributed by atoms with Crippen LogP contribution in [0.5, 0.6) is 5.75 Å². The van der Waals surface area contributed by atoms with E-state index < -0.39 is 0 Å². The number of halogens is 1. The van der Waals surface area contributed by atoms with Gasteiger partial charge in [-0.15, -0.1) is 11.7 Å². The second-order valence-electron chi connectivity index (χ2n) is 7.23. The van der Waals surface area contributed by atoms with Gasteiger partial charge in [0, 0.05) is 16.6 Å². The molecule has 0 saturated carbocycles. The van der Waals surface area contributed by atoms with Crippen LogP contribution in [0.3, 0.4) is 0 Å². The van der Waals surface area contributed by atoms with Crippen LogP contribution in [0.2, 0.25) is 0 Å². The van der Waals surface area contributed by atoms with Crippen molar-refractivity contribution in [3.8, 4) is 17.1 Å². The molecular formula is C25H22BrN3O3S. The molecule has 1 aromatic heterocycles. The van der Waals surface area contributed by atoms with E-state index in [1.54, 1.807) is 24.3 Å². The largest absolute Gasteiger partial charge is 0.497 e. The molecule has 0 spiro atoms. The standard InChI is InChI=1S/C25H22BrN3O3S/c1-3-14-29-24(30)23(15-17-4-10-20(31-2)11-5-17)33-25(29)28-27-16-21-12-13-22(32-21)18-6-8-19(26)9-7-18/h3-13,16,23H,1,14-15H2,2H3/b27-16-,28-25+/t23-/m1/s1. The van der Waals surface area contributed by atoms with E-state index in [1.807, 2.05) is 60.7 Å². The van der Waals surface area contributed by atoms with Gasteiger partial charge in [0.15, 0.2) is 5.17 Å². The number of furan rings is 1. The van der Waals surface area contributed by atoms with Crippen LogP contribution in [0.25, 0.3) is 11.3 Å². The predicted octanol–water partition coefficient (Wildman–Crippen LogP) is 5.78. The molecule has 1 atom stereocenters. The van der Waals surface area contributed by atoms with Crippen LogP contribution >= 0.6 is 27.7 Å². The maximum absolute atomic E-state index is 12.9. The van der Waals surface area contributed by atoms with Crippen molar-refractivity contribution < 1.29 is 13.9 Å². The van der Waals surface area contributed by atoms with Gasteiger partial charge in [0.05, 0.1) is 18.6 Å². The molecule has 168 valence electrons. The molecule has 33 heavy (non-hydrogen) atoms. The lowest BCUT2D eigenvalue weighted by Gasteiger charge is -2.12. The molecule has 0 aliphatic carbocycles. The number of hydrogen-bond donors (Lipinski definition) is 0. The lowest BCUT2D eigenvalue weighted by molar-refractivity contribution is -0.125. The van der Waals surface area contributed by atoms with Crippen molar-refractivity contribution in [3.63, 3.8) is 0 Å². The fourth-order valence-electron chi connectivity index (χ4n) is 3.32. The van der Waals surface area contributed by atoms with Crippen LogP contribution in [0.15, 0.2) is 92.4 Å². The molecule has 8 heteroatoms. The Bertz CT molecular complexity index is 1190. The molecule has 1 aliphatic rings. The third-order valence-electron chi connectivity index (χ3n) is 5.00. The Hall–Kier alpha value is -3.10. The summed E-state index contributed by atoms with van der Waals surface area (Å²) in [6.07, 6.45) is 3.83. The van der Waals surface area contributed by atoms with E-state index >= 15 is 0 Å². The summed E-state index contributed by atoms with van der Waals surface area (Å²) < 4.78 is 12.1. The summed E-state index contributed by atoms with van der Waals surface area (Å²) in [4.78, 5) is 14.5. The zero-order chi connectivity index (χ0) is 23.2. The van der Waals surface area contributed by atoms with Crippen molar-refractivity contribution >= 4 is 45.0 Å². The van der Waals surface area contributed by atoms with Crippen molar-refractivity contribution in [1.82, 2.24) is 4.90 Å². The summed E-state index contributed by atoms with van der Waals surface area (Å²) in [6.45, 7) is 4.14. The van der Waals surface area contributed by atoms with E-state index in [0.717, 1.165) is 27.1 Å². The second-order valence-corrected chi connectivity index (χ2v) is 9.32. The summed E-state index contributed by atoms with van der Waals surface area (Å²) >= 11 is 4.84. The monoisotopic (exact) mass is 523 g/mol. The van der Waals surface area contributed by atoms with E-state index in [4.69, 9.17) is 9.15 Å². The maximum Gasteiger partial charge on any atom is 0.242 e. The molecule has 4 rings (SSSR count). The minimum atomic E-state index is -0.264. The van der Waals surface area contributed by atoms with Crippen LogP contribution < -0.4 is 4.74 Å². The van der Waals surface area contributed by atoms with Gasteiger partial charge in [0.1, 0.15) is 17.3 Å². The van der Waals surface area contributed by atoms with Gasteiger partial charge in [-0.05, 0) is 48.4 Å². The topological polar surface area (TPSA) is 67.4 Å². The summed E-state index contributed by atoms with van der Waals surface area (Å²) in [5.74, 6) is 2.11. The average molecular weight is 524 g/mol. The maximum atomic E-state index is 12.9. The SMILES string of the molecule is C=CCN1C(=O)[C@@H](Cc2ccc(OC)cc2)S/C1=N/N=C\c1ccc(-c2ccc(Br)cc2)o1. The minimum absolute atomic E-state index is 0.000177. The Morgan fingerprint density at radius 2 is 1.91 bits per heavy atom. The molecule has 0 bridgehead atoms. The van der Waals surface area contributed by atoms with Crippen molar-refractivity contribution in [2.75, 3.05) is 13.7 Å². The lowest BCUT2D eigenvalue weighted by atomic mass is 10.1. The first kappa shape index (κ1) is 23.1. The van der Waals surface area contributed by atoms with Crippen molar-refractivity contribution in [2.24, 2.45) is 10.2 Å². The molecule has 0 N–H and O–H groups in total. The van der Waals surface area contributed by atoms with E-state index in [9.17, 15) is 4.79 Å². The first-order valence-electron chi connectivity index (χ1n) is 10.3. The molecule has 2 heterocycles. The third-order valence-corrected chi connectivity index (χ3v) is 6.69.